The lowest BCUT2D eigenvalue weighted by Crippen LogP contribution is -2.32. The highest BCUT2D eigenvalue weighted by Crippen LogP contribution is 2.22. The Morgan fingerprint density at radius 2 is 1.05 bits per heavy atom. The summed E-state index contributed by atoms with van der Waals surface area (Å²) < 4.78 is 43.7. The zero-order chi connectivity index (χ0) is 42.4. The van der Waals surface area contributed by atoms with Crippen LogP contribution in [-0.2, 0) is 34.8 Å². The van der Waals surface area contributed by atoms with Gasteiger partial charge in [-0.15, -0.1) is 0 Å². The van der Waals surface area contributed by atoms with Crippen molar-refractivity contribution in [1.82, 2.24) is 14.8 Å². The predicted molar refractivity (Wildman–Crippen MR) is 239 cm³/mol. The minimum Gasteiger partial charge on any atom is -0.466 e. The summed E-state index contributed by atoms with van der Waals surface area (Å²) >= 11 is 0. The van der Waals surface area contributed by atoms with Gasteiger partial charge in [0.05, 0.1) is 18.9 Å². The van der Waals surface area contributed by atoms with Gasteiger partial charge in [-0.2, -0.15) is 0 Å². The molecule has 0 atom stereocenters. The number of nitrogens with one attached hydrogen (secondary N) is 1. The molecule has 0 fully saturated rings. The molecule has 1 rings (SSSR count). The summed E-state index contributed by atoms with van der Waals surface area (Å²) in [6.07, 6.45) is 33.1. The summed E-state index contributed by atoms with van der Waals surface area (Å²) in [6, 6.07) is 1.57. The van der Waals surface area contributed by atoms with E-state index in [-0.39, 0.29) is 17.7 Å². The third-order valence-electron chi connectivity index (χ3n) is 11.5. The SMILES string of the molecule is CCCCCC(CCCCC)CCOC(=O)CCCCCCCN(CCCCCCCC(=O)OCCC(CCCC)CCCC)CCCNS(=O)(=O)Cc1ccon1. The Labute approximate surface area is 356 Å². The second kappa shape index (κ2) is 38.0. The number of ether oxygens (including phenoxy) is 2. The molecule has 1 aromatic heterocycles. The van der Waals surface area contributed by atoms with Crippen molar-refractivity contribution in [3.05, 3.63) is 18.0 Å². The Hall–Kier alpha value is -1.98. The van der Waals surface area contributed by atoms with Crippen molar-refractivity contribution in [1.29, 1.82) is 0 Å². The second-order valence-electron chi connectivity index (χ2n) is 16.9. The molecule has 0 aliphatic heterocycles. The van der Waals surface area contributed by atoms with Crippen molar-refractivity contribution < 1.29 is 32.0 Å². The minimum absolute atomic E-state index is 0.0485. The lowest BCUT2D eigenvalue weighted by molar-refractivity contribution is -0.145. The number of hydrogen-bond donors (Lipinski definition) is 1. The molecular formula is C47H89N3O7S. The minimum atomic E-state index is -3.47. The molecule has 58 heavy (non-hydrogen) atoms. The van der Waals surface area contributed by atoms with Crippen molar-refractivity contribution in [2.75, 3.05) is 39.4 Å². The van der Waals surface area contributed by atoms with E-state index in [4.69, 9.17) is 14.0 Å². The van der Waals surface area contributed by atoms with Crippen molar-refractivity contribution in [2.45, 2.75) is 220 Å². The molecule has 0 unspecified atom stereocenters. The van der Waals surface area contributed by atoms with Crippen molar-refractivity contribution in [2.24, 2.45) is 11.8 Å². The zero-order valence-corrected chi connectivity index (χ0v) is 38.7. The molecule has 0 aliphatic carbocycles. The fraction of sp³-hybridized carbons (Fsp3) is 0.894. The smallest absolute Gasteiger partial charge is 0.305 e. The number of carbonyl (C=O) groups excluding carboxylic acids is 2. The average Bonchev–Trinajstić information content (AvgIpc) is 3.71. The molecule has 0 radical (unpaired) electrons. The van der Waals surface area contributed by atoms with Gasteiger partial charge in [0, 0.05) is 25.5 Å². The third-order valence-corrected chi connectivity index (χ3v) is 12.8. The maximum atomic E-state index is 12.5. The van der Waals surface area contributed by atoms with Crippen LogP contribution >= 0.6 is 0 Å². The van der Waals surface area contributed by atoms with Crippen LogP contribution in [0.15, 0.2) is 16.9 Å². The van der Waals surface area contributed by atoms with Gasteiger partial charge >= 0.3 is 11.9 Å². The van der Waals surface area contributed by atoms with E-state index >= 15 is 0 Å². The van der Waals surface area contributed by atoms with Gasteiger partial charge in [-0.25, -0.2) is 13.1 Å². The molecule has 0 saturated heterocycles. The first-order valence-corrected chi connectivity index (χ1v) is 25.8. The fourth-order valence-electron chi connectivity index (χ4n) is 7.73. The molecular weight excluding hydrogens is 751 g/mol. The van der Waals surface area contributed by atoms with Gasteiger partial charge in [0.1, 0.15) is 12.0 Å². The fourth-order valence-corrected chi connectivity index (χ4v) is 8.83. The average molecular weight is 840 g/mol. The summed E-state index contributed by atoms with van der Waals surface area (Å²) in [5.41, 5.74) is 0.399. The van der Waals surface area contributed by atoms with Crippen LogP contribution in [0.2, 0.25) is 0 Å². The molecule has 0 bridgehead atoms. The number of aromatic nitrogens is 1. The molecule has 11 heteroatoms. The van der Waals surface area contributed by atoms with E-state index in [1.54, 1.807) is 6.07 Å². The number of sulfonamides is 1. The Balaban J connectivity index is 2.34. The van der Waals surface area contributed by atoms with E-state index in [0.717, 1.165) is 103 Å². The maximum Gasteiger partial charge on any atom is 0.305 e. The first-order chi connectivity index (χ1) is 28.2. The molecule has 0 saturated carbocycles. The van der Waals surface area contributed by atoms with E-state index in [2.05, 4.69) is 42.5 Å². The van der Waals surface area contributed by atoms with Crippen LogP contribution in [0, 0.1) is 11.8 Å². The lowest BCUT2D eigenvalue weighted by atomic mass is 9.92. The van der Waals surface area contributed by atoms with Gasteiger partial charge in [-0.05, 0) is 76.4 Å². The third kappa shape index (κ3) is 32.8. The van der Waals surface area contributed by atoms with Crippen molar-refractivity contribution in [3.63, 3.8) is 0 Å². The molecule has 10 nitrogen and oxygen atoms in total. The predicted octanol–water partition coefficient (Wildman–Crippen LogP) is 12.1. The van der Waals surface area contributed by atoms with E-state index in [1.165, 1.54) is 96.2 Å². The summed E-state index contributed by atoms with van der Waals surface area (Å²) in [5, 5.41) is 3.72. The Morgan fingerprint density at radius 1 is 0.603 bits per heavy atom. The van der Waals surface area contributed by atoms with Crippen LogP contribution in [0.25, 0.3) is 0 Å². The molecule has 1 aromatic rings. The van der Waals surface area contributed by atoms with Crippen LogP contribution in [0.5, 0.6) is 0 Å². The second-order valence-corrected chi connectivity index (χ2v) is 18.7. The van der Waals surface area contributed by atoms with Gasteiger partial charge in [-0.1, -0.05) is 161 Å². The van der Waals surface area contributed by atoms with Crippen LogP contribution in [0.4, 0.5) is 0 Å². The summed E-state index contributed by atoms with van der Waals surface area (Å²) in [5.74, 6) is 1.08. The van der Waals surface area contributed by atoms with Gasteiger partial charge in [0.25, 0.3) is 0 Å². The number of carbonyl (C=O) groups is 2. The zero-order valence-electron chi connectivity index (χ0n) is 37.9. The molecule has 0 aliphatic rings. The quantitative estimate of drug-likeness (QED) is 0.0505. The van der Waals surface area contributed by atoms with Crippen molar-refractivity contribution in [3.8, 4) is 0 Å². The van der Waals surface area contributed by atoms with Crippen LogP contribution < -0.4 is 4.72 Å². The first-order valence-electron chi connectivity index (χ1n) is 24.1. The van der Waals surface area contributed by atoms with Gasteiger partial charge < -0.3 is 18.9 Å². The summed E-state index contributed by atoms with van der Waals surface area (Å²) in [6.45, 7) is 13.3. The number of hydrogen-bond acceptors (Lipinski definition) is 9. The number of nitrogens with zero attached hydrogens (tertiary/aromatic N) is 2. The topological polar surface area (TPSA) is 128 Å². The van der Waals surface area contributed by atoms with Gasteiger partial charge in [-0.3, -0.25) is 9.59 Å². The van der Waals surface area contributed by atoms with E-state index in [9.17, 15) is 18.0 Å². The van der Waals surface area contributed by atoms with Crippen LogP contribution in [0.3, 0.4) is 0 Å². The van der Waals surface area contributed by atoms with E-state index in [1.807, 2.05) is 0 Å². The summed E-state index contributed by atoms with van der Waals surface area (Å²) in [4.78, 5) is 27.2. The number of esters is 2. The summed E-state index contributed by atoms with van der Waals surface area (Å²) in [7, 11) is -3.47. The maximum absolute atomic E-state index is 12.5. The van der Waals surface area contributed by atoms with Crippen LogP contribution in [0.1, 0.15) is 220 Å². The molecule has 0 spiro atoms. The Bertz CT molecular complexity index is 1160. The normalized spacial score (nSPS) is 12.0. The lowest BCUT2D eigenvalue weighted by Gasteiger charge is -2.22. The highest BCUT2D eigenvalue weighted by Gasteiger charge is 2.15. The number of unbranched alkanes of at least 4 members (excludes halogenated alkanes) is 14. The standard InChI is InChI=1S/C47H89N3O7S/c1-5-9-19-28-44(29-20-10-6-2)33-40-56-47(52)31-22-16-14-18-24-37-50(38-25-35-48-58(53,54)42-45-34-41-57-49-45)36-23-17-13-15-21-30-46(51)55-39-32-43(26-11-7-3)27-12-8-4/h34,41,43-44,48H,5-33,35-40,42H2,1-4H3. The highest BCUT2D eigenvalue weighted by atomic mass is 32.2. The Kier molecular flexibility index (Phi) is 35.4. The van der Waals surface area contributed by atoms with Crippen molar-refractivity contribution >= 4 is 22.0 Å². The number of rotatable bonds is 43. The monoisotopic (exact) mass is 840 g/mol. The largest absolute Gasteiger partial charge is 0.466 e. The van der Waals surface area contributed by atoms with E-state index < -0.39 is 10.0 Å². The van der Waals surface area contributed by atoms with E-state index in [0.29, 0.717) is 50.1 Å². The molecule has 1 heterocycles. The Morgan fingerprint density at radius 3 is 1.52 bits per heavy atom. The first kappa shape index (κ1) is 54.0. The molecule has 1 N–H and O–H groups in total. The van der Waals surface area contributed by atoms with Gasteiger partial charge in [0.15, 0.2) is 0 Å². The molecule has 340 valence electrons. The molecule has 0 aromatic carbocycles. The molecule has 0 amide bonds. The van der Waals surface area contributed by atoms with Gasteiger partial charge in [0.2, 0.25) is 10.0 Å². The highest BCUT2D eigenvalue weighted by molar-refractivity contribution is 7.88. The van der Waals surface area contributed by atoms with Crippen LogP contribution in [-0.4, -0.2) is 69.8 Å².